The third kappa shape index (κ3) is 6.39. The molecule has 4 nitrogen and oxygen atoms in total. The molecule has 1 heterocycles. The number of nitrogens with one attached hydrogen (secondary N) is 2. The van der Waals surface area contributed by atoms with Gasteiger partial charge in [0.15, 0.2) is 0 Å². The van der Waals surface area contributed by atoms with Gasteiger partial charge in [0.25, 0.3) is 0 Å². The predicted molar refractivity (Wildman–Crippen MR) is 78.1 cm³/mol. The van der Waals surface area contributed by atoms with Gasteiger partial charge in [-0.15, -0.1) is 0 Å². The molecule has 0 spiro atoms. The van der Waals surface area contributed by atoms with Gasteiger partial charge < -0.3 is 15.4 Å². The molecular weight excluding hydrogens is 240 g/mol. The van der Waals surface area contributed by atoms with E-state index < -0.39 is 5.54 Å². The third-order valence-corrected chi connectivity index (χ3v) is 3.39. The quantitative estimate of drug-likeness (QED) is 0.804. The summed E-state index contributed by atoms with van der Waals surface area (Å²) in [4.78, 5) is 12.2. The van der Waals surface area contributed by atoms with Crippen LogP contribution in [0.2, 0.25) is 0 Å². The molecular formula is C15H30N2O2. The van der Waals surface area contributed by atoms with Crippen molar-refractivity contribution in [3.05, 3.63) is 0 Å². The van der Waals surface area contributed by atoms with E-state index in [1.54, 1.807) is 0 Å². The van der Waals surface area contributed by atoms with Crippen molar-refractivity contribution in [2.45, 2.75) is 65.5 Å². The number of hydrogen-bond acceptors (Lipinski definition) is 3. The second-order valence-electron chi connectivity index (χ2n) is 7.24. The number of hydrogen-bond donors (Lipinski definition) is 2. The summed E-state index contributed by atoms with van der Waals surface area (Å²) in [5, 5.41) is 6.34. The van der Waals surface area contributed by atoms with E-state index in [4.69, 9.17) is 4.74 Å². The Kier molecular flexibility index (Phi) is 5.81. The number of carbonyl (C=O) groups is 1. The standard InChI is InChI=1S/C15H30N2O2/c1-14(2,3)11-16-13(18)15(4,5)17-10-12-8-6-7-9-19-12/h12,17H,6-11H2,1-5H3,(H,16,18)/t12-/m1/s1. The summed E-state index contributed by atoms with van der Waals surface area (Å²) in [6.45, 7) is 12.5. The molecule has 1 aliphatic heterocycles. The van der Waals surface area contributed by atoms with Crippen LogP contribution in [-0.2, 0) is 9.53 Å². The lowest BCUT2D eigenvalue weighted by Gasteiger charge is -2.31. The fourth-order valence-electron chi connectivity index (χ4n) is 1.98. The molecule has 1 amide bonds. The Hall–Kier alpha value is -0.610. The van der Waals surface area contributed by atoms with Gasteiger partial charge in [-0.05, 0) is 38.5 Å². The zero-order valence-electron chi connectivity index (χ0n) is 13.1. The highest BCUT2D eigenvalue weighted by Gasteiger charge is 2.29. The first kappa shape index (κ1) is 16.4. The van der Waals surface area contributed by atoms with Gasteiger partial charge in [-0.25, -0.2) is 0 Å². The zero-order valence-corrected chi connectivity index (χ0v) is 13.1. The van der Waals surface area contributed by atoms with E-state index in [0.717, 1.165) is 26.0 Å². The molecule has 2 N–H and O–H groups in total. The number of carbonyl (C=O) groups excluding carboxylic acids is 1. The van der Waals surface area contributed by atoms with Gasteiger partial charge >= 0.3 is 0 Å². The molecule has 1 fully saturated rings. The topological polar surface area (TPSA) is 50.4 Å². The molecule has 4 heteroatoms. The van der Waals surface area contributed by atoms with E-state index in [2.05, 4.69) is 31.4 Å². The number of rotatable bonds is 5. The maximum absolute atomic E-state index is 12.2. The summed E-state index contributed by atoms with van der Waals surface area (Å²) in [6, 6.07) is 0. The van der Waals surface area contributed by atoms with Crippen molar-refractivity contribution in [1.82, 2.24) is 10.6 Å². The normalized spacial score (nSPS) is 21.2. The van der Waals surface area contributed by atoms with Gasteiger partial charge in [-0.1, -0.05) is 20.8 Å². The maximum atomic E-state index is 12.2. The minimum Gasteiger partial charge on any atom is -0.377 e. The van der Waals surface area contributed by atoms with Crippen LogP contribution in [0.15, 0.2) is 0 Å². The molecule has 1 atom stereocenters. The lowest BCUT2D eigenvalue weighted by Crippen LogP contribution is -2.55. The van der Waals surface area contributed by atoms with E-state index in [0.29, 0.717) is 6.54 Å². The van der Waals surface area contributed by atoms with Crippen molar-refractivity contribution in [2.75, 3.05) is 19.7 Å². The van der Waals surface area contributed by atoms with E-state index in [9.17, 15) is 4.79 Å². The highest BCUT2D eigenvalue weighted by atomic mass is 16.5. The SMILES string of the molecule is CC(C)(C)CNC(=O)C(C)(C)NC[C@H]1CCCCO1. The average Bonchev–Trinajstić information content (AvgIpc) is 2.34. The van der Waals surface area contributed by atoms with Crippen molar-refractivity contribution in [3.8, 4) is 0 Å². The Bertz CT molecular complexity index is 289. The molecule has 112 valence electrons. The Morgan fingerprint density at radius 2 is 1.89 bits per heavy atom. The molecule has 0 bridgehead atoms. The lowest BCUT2D eigenvalue weighted by molar-refractivity contribution is -0.127. The number of amides is 1. The highest BCUT2D eigenvalue weighted by Crippen LogP contribution is 2.14. The number of ether oxygens (including phenoxy) is 1. The molecule has 1 saturated heterocycles. The van der Waals surface area contributed by atoms with Crippen LogP contribution in [-0.4, -0.2) is 37.2 Å². The zero-order chi connectivity index (χ0) is 14.5. The third-order valence-electron chi connectivity index (χ3n) is 3.39. The van der Waals surface area contributed by atoms with Crippen molar-refractivity contribution >= 4 is 5.91 Å². The molecule has 0 aromatic heterocycles. The van der Waals surface area contributed by atoms with Gasteiger partial charge in [-0.3, -0.25) is 4.79 Å². The van der Waals surface area contributed by atoms with Gasteiger partial charge in [0.05, 0.1) is 11.6 Å². The van der Waals surface area contributed by atoms with Crippen LogP contribution in [0.3, 0.4) is 0 Å². The van der Waals surface area contributed by atoms with Crippen molar-refractivity contribution < 1.29 is 9.53 Å². The Morgan fingerprint density at radius 3 is 2.42 bits per heavy atom. The average molecular weight is 270 g/mol. The van der Waals surface area contributed by atoms with Crippen LogP contribution in [0.1, 0.15) is 53.9 Å². The van der Waals surface area contributed by atoms with Gasteiger partial charge in [0, 0.05) is 19.7 Å². The summed E-state index contributed by atoms with van der Waals surface area (Å²) in [5.74, 6) is 0.0539. The predicted octanol–water partition coefficient (Wildman–Crippen LogP) is 2.09. The lowest BCUT2D eigenvalue weighted by atomic mass is 9.96. The molecule has 1 aliphatic rings. The molecule has 0 aromatic rings. The Morgan fingerprint density at radius 1 is 1.21 bits per heavy atom. The fourth-order valence-corrected chi connectivity index (χ4v) is 1.98. The smallest absolute Gasteiger partial charge is 0.239 e. The Balaban J connectivity index is 2.34. The molecule has 1 rings (SSSR count). The minimum absolute atomic E-state index is 0.0539. The van der Waals surface area contributed by atoms with E-state index >= 15 is 0 Å². The second kappa shape index (κ2) is 6.71. The molecule has 0 aromatic carbocycles. The first-order valence-corrected chi connectivity index (χ1v) is 7.36. The van der Waals surface area contributed by atoms with E-state index in [1.165, 1.54) is 6.42 Å². The van der Waals surface area contributed by atoms with Gasteiger partial charge in [-0.2, -0.15) is 0 Å². The summed E-state index contributed by atoms with van der Waals surface area (Å²) < 4.78 is 5.67. The molecule has 0 aliphatic carbocycles. The van der Waals surface area contributed by atoms with Crippen molar-refractivity contribution in [2.24, 2.45) is 5.41 Å². The van der Waals surface area contributed by atoms with Crippen LogP contribution in [0.25, 0.3) is 0 Å². The molecule has 19 heavy (non-hydrogen) atoms. The first-order chi connectivity index (χ1) is 8.71. The second-order valence-corrected chi connectivity index (χ2v) is 7.24. The van der Waals surface area contributed by atoms with E-state index in [-0.39, 0.29) is 17.4 Å². The van der Waals surface area contributed by atoms with Gasteiger partial charge in [0.1, 0.15) is 0 Å². The summed E-state index contributed by atoms with van der Waals surface area (Å²) >= 11 is 0. The van der Waals surface area contributed by atoms with Crippen LogP contribution in [0, 0.1) is 5.41 Å². The van der Waals surface area contributed by atoms with Crippen LogP contribution in [0.5, 0.6) is 0 Å². The Labute approximate surface area is 117 Å². The largest absolute Gasteiger partial charge is 0.377 e. The minimum atomic E-state index is -0.550. The monoisotopic (exact) mass is 270 g/mol. The van der Waals surface area contributed by atoms with Crippen LogP contribution < -0.4 is 10.6 Å². The highest BCUT2D eigenvalue weighted by molar-refractivity contribution is 5.85. The van der Waals surface area contributed by atoms with Crippen LogP contribution in [0.4, 0.5) is 0 Å². The summed E-state index contributed by atoms with van der Waals surface area (Å²) in [7, 11) is 0. The molecule has 0 radical (unpaired) electrons. The van der Waals surface area contributed by atoms with Gasteiger partial charge in [0.2, 0.25) is 5.91 Å². The molecule has 0 unspecified atom stereocenters. The fraction of sp³-hybridized carbons (Fsp3) is 0.933. The van der Waals surface area contributed by atoms with Crippen molar-refractivity contribution in [1.29, 1.82) is 0 Å². The molecule has 0 saturated carbocycles. The summed E-state index contributed by atoms with van der Waals surface area (Å²) in [6.07, 6.45) is 3.73. The first-order valence-electron chi connectivity index (χ1n) is 7.36. The van der Waals surface area contributed by atoms with Crippen LogP contribution >= 0.6 is 0 Å². The maximum Gasteiger partial charge on any atom is 0.239 e. The van der Waals surface area contributed by atoms with Crippen molar-refractivity contribution in [3.63, 3.8) is 0 Å². The summed E-state index contributed by atoms with van der Waals surface area (Å²) in [5.41, 5.74) is -0.440. The van der Waals surface area contributed by atoms with E-state index in [1.807, 2.05) is 13.8 Å².